The molecule has 5 atom stereocenters. The lowest BCUT2D eigenvalue weighted by molar-refractivity contribution is -0.249. The van der Waals surface area contributed by atoms with Gasteiger partial charge in [0.05, 0.1) is 5.70 Å². The van der Waals surface area contributed by atoms with Crippen LogP contribution < -0.4 is 11.0 Å². The second-order valence-electron chi connectivity index (χ2n) is 6.76. The van der Waals surface area contributed by atoms with Gasteiger partial charge in [0, 0.05) is 33.5 Å². The molecule has 3 unspecified atom stereocenters. The molecule has 8 nitrogen and oxygen atoms in total. The zero-order chi connectivity index (χ0) is 22.3. The Morgan fingerprint density at radius 3 is 2.45 bits per heavy atom. The van der Waals surface area contributed by atoms with Gasteiger partial charge in [0.25, 0.3) is 0 Å². The van der Waals surface area contributed by atoms with E-state index < -0.39 is 47.4 Å². The summed E-state index contributed by atoms with van der Waals surface area (Å²) in [7, 11) is 0. The molecule has 0 spiro atoms. The Morgan fingerprint density at radius 2 is 1.77 bits per heavy atom. The maximum atomic E-state index is 13.6. The number of rotatable bonds is 4. The van der Waals surface area contributed by atoms with Gasteiger partial charge in [-0.2, -0.15) is 0 Å². The number of halogens is 4. The summed E-state index contributed by atoms with van der Waals surface area (Å²) >= 11 is 4.38. The highest BCUT2D eigenvalue weighted by molar-refractivity contribution is 9.10. The minimum atomic E-state index is -1.62. The first-order valence-corrected chi connectivity index (χ1v) is 10.6. The molecule has 4 rings (SSSR count). The highest BCUT2D eigenvalue weighted by atomic mass is 79.9. The van der Waals surface area contributed by atoms with E-state index in [0.29, 0.717) is 9.37 Å². The highest BCUT2D eigenvalue weighted by Crippen LogP contribution is 2.35. The average Bonchev–Trinajstić information content (AvgIpc) is 3.20. The normalized spacial score (nSPS) is 28.4. The lowest BCUT2D eigenvalue weighted by atomic mass is 10.0. The number of thioether (sulfide) groups is 1. The number of hydrazine groups is 2. The standard InChI is InChI=1S/C18H16BrF3N4O4S/c19-8-3-9(5-23-4-8)31-18-16(28)14(15(27)17(29)30-18)26-6-12(24-25-26)7-1-10(20)13(22)11(21)2-7/h1-6,14-18,24-25,27-29H/t14?,15-,16?,17?,18-/m1/s1. The first-order chi connectivity index (χ1) is 14.7. The smallest absolute Gasteiger partial charge is 0.194 e. The molecular formula is C18H16BrF3N4O4S. The number of nitrogens with one attached hydrogen (secondary N) is 2. The van der Waals surface area contributed by atoms with Crippen LogP contribution in [0.5, 0.6) is 0 Å². The third kappa shape index (κ3) is 4.53. The number of aliphatic hydroxyl groups excluding tert-OH is 3. The summed E-state index contributed by atoms with van der Waals surface area (Å²) in [5, 5.41) is 32.6. The van der Waals surface area contributed by atoms with Crippen molar-refractivity contribution in [2.45, 2.75) is 34.9 Å². The zero-order valence-corrected chi connectivity index (χ0v) is 17.8. The lowest BCUT2D eigenvalue weighted by Crippen LogP contribution is -2.64. The van der Waals surface area contributed by atoms with Gasteiger partial charge >= 0.3 is 0 Å². The van der Waals surface area contributed by atoms with E-state index in [0.717, 1.165) is 23.9 Å². The second kappa shape index (κ2) is 8.94. The number of aliphatic hydroxyl groups is 3. The lowest BCUT2D eigenvalue weighted by Gasteiger charge is -2.43. The van der Waals surface area contributed by atoms with Gasteiger partial charge in [0.15, 0.2) is 23.7 Å². The number of pyridine rings is 1. The van der Waals surface area contributed by atoms with Gasteiger partial charge in [-0.05, 0) is 34.1 Å². The summed E-state index contributed by atoms with van der Waals surface area (Å²) in [6.07, 6.45) is -0.0111. The van der Waals surface area contributed by atoms with Crippen LogP contribution in [0.2, 0.25) is 0 Å². The molecule has 2 aliphatic rings. The molecule has 5 N–H and O–H groups in total. The number of hydrogen-bond acceptors (Lipinski definition) is 9. The quantitative estimate of drug-likeness (QED) is 0.382. The van der Waals surface area contributed by atoms with Crippen molar-refractivity contribution < 1.29 is 33.2 Å². The van der Waals surface area contributed by atoms with Crippen molar-refractivity contribution in [1.29, 1.82) is 0 Å². The number of nitrogens with zero attached hydrogens (tertiary/aromatic N) is 2. The van der Waals surface area contributed by atoms with Crippen LogP contribution in [0.4, 0.5) is 13.2 Å². The van der Waals surface area contributed by atoms with Crippen LogP contribution in [-0.4, -0.2) is 55.3 Å². The van der Waals surface area contributed by atoms with Crippen molar-refractivity contribution >= 4 is 33.4 Å². The Morgan fingerprint density at radius 1 is 1.06 bits per heavy atom. The van der Waals surface area contributed by atoms with Crippen molar-refractivity contribution in [3.63, 3.8) is 0 Å². The van der Waals surface area contributed by atoms with E-state index in [1.807, 2.05) is 0 Å². The van der Waals surface area contributed by atoms with Gasteiger partial charge in [-0.1, -0.05) is 11.8 Å². The fourth-order valence-corrected chi connectivity index (χ4v) is 4.77. The molecule has 0 bridgehead atoms. The molecule has 0 radical (unpaired) electrons. The first-order valence-electron chi connectivity index (χ1n) is 8.88. The Labute approximate surface area is 186 Å². The molecule has 166 valence electrons. The topological polar surface area (TPSA) is 110 Å². The van der Waals surface area contributed by atoms with Crippen LogP contribution in [0.3, 0.4) is 0 Å². The Balaban J connectivity index is 1.57. The van der Waals surface area contributed by atoms with E-state index in [2.05, 4.69) is 31.9 Å². The van der Waals surface area contributed by atoms with Crippen LogP contribution in [0.25, 0.3) is 5.70 Å². The molecule has 1 fully saturated rings. The van der Waals surface area contributed by atoms with Crippen molar-refractivity contribution in [2.24, 2.45) is 0 Å². The molecular weight excluding hydrogens is 505 g/mol. The maximum Gasteiger partial charge on any atom is 0.194 e. The minimum absolute atomic E-state index is 0.00544. The fraction of sp³-hybridized carbons (Fsp3) is 0.278. The van der Waals surface area contributed by atoms with E-state index in [-0.39, 0.29) is 11.3 Å². The van der Waals surface area contributed by atoms with Gasteiger partial charge in [-0.15, -0.1) is 5.53 Å². The Kier molecular flexibility index (Phi) is 6.44. The third-order valence-electron chi connectivity index (χ3n) is 4.68. The third-order valence-corrected chi connectivity index (χ3v) is 6.23. The molecule has 1 aromatic heterocycles. The molecule has 2 aliphatic heterocycles. The van der Waals surface area contributed by atoms with E-state index in [9.17, 15) is 28.5 Å². The van der Waals surface area contributed by atoms with Crippen LogP contribution in [0.1, 0.15) is 5.56 Å². The van der Waals surface area contributed by atoms with E-state index in [1.165, 1.54) is 11.2 Å². The first kappa shape index (κ1) is 22.3. The summed E-state index contributed by atoms with van der Waals surface area (Å²) in [5.74, 6) is -4.32. The highest BCUT2D eigenvalue weighted by Gasteiger charge is 2.47. The van der Waals surface area contributed by atoms with Crippen molar-refractivity contribution in [1.82, 2.24) is 21.0 Å². The Bertz CT molecular complexity index is 997. The van der Waals surface area contributed by atoms with Gasteiger partial charge in [-0.3, -0.25) is 9.99 Å². The molecule has 0 aliphatic carbocycles. The summed E-state index contributed by atoms with van der Waals surface area (Å²) < 4.78 is 46.4. The van der Waals surface area contributed by atoms with Gasteiger partial charge < -0.3 is 25.5 Å². The van der Waals surface area contributed by atoms with E-state index >= 15 is 0 Å². The predicted octanol–water partition coefficient (Wildman–Crippen LogP) is 1.44. The average molecular weight is 521 g/mol. The summed E-state index contributed by atoms with van der Waals surface area (Å²) in [6, 6.07) is 2.23. The van der Waals surface area contributed by atoms with Crippen molar-refractivity contribution in [3.05, 3.63) is 64.3 Å². The van der Waals surface area contributed by atoms with Crippen LogP contribution in [0.15, 0.2) is 46.2 Å². The molecule has 3 heterocycles. The number of ether oxygens (including phenoxy) is 1. The fourth-order valence-electron chi connectivity index (χ4n) is 3.19. The van der Waals surface area contributed by atoms with E-state index in [1.54, 1.807) is 18.5 Å². The number of hydrogen-bond donors (Lipinski definition) is 5. The SMILES string of the molecule is OC1O[C@H](Sc2cncc(Br)c2)C(O)C(N2C=C(c3cc(F)c(F)c(F)c3)NN2)[C@H]1O. The molecule has 0 saturated carbocycles. The minimum Gasteiger partial charge on any atom is -0.387 e. The summed E-state index contributed by atoms with van der Waals surface area (Å²) in [5.41, 5.74) is 4.45. The zero-order valence-electron chi connectivity index (χ0n) is 15.4. The van der Waals surface area contributed by atoms with Gasteiger partial charge in [0.1, 0.15) is 23.7 Å². The largest absolute Gasteiger partial charge is 0.387 e. The maximum absolute atomic E-state index is 13.6. The predicted molar refractivity (Wildman–Crippen MR) is 107 cm³/mol. The van der Waals surface area contributed by atoms with Crippen molar-refractivity contribution in [3.8, 4) is 0 Å². The molecule has 0 amide bonds. The van der Waals surface area contributed by atoms with Crippen LogP contribution >= 0.6 is 27.7 Å². The van der Waals surface area contributed by atoms with Gasteiger partial charge in [-0.25, -0.2) is 13.2 Å². The van der Waals surface area contributed by atoms with Gasteiger partial charge in [0.2, 0.25) is 0 Å². The molecule has 1 aromatic carbocycles. The molecule has 2 aromatic rings. The van der Waals surface area contributed by atoms with Crippen molar-refractivity contribution in [2.75, 3.05) is 0 Å². The molecule has 13 heteroatoms. The summed E-state index contributed by atoms with van der Waals surface area (Å²) in [6.45, 7) is 0. The molecule has 1 saturated heterocycles. The van der Waals surface area contributed by atoms with Crippen LogP contribution in [-0.2, 0) is 4.74 Å². The summed E-state index contributed by atoms with van der Waals surface area (Å²) in [4.78, 5) is 4.66. The van der Waals surface area contributed by atoms with E-state index in [4.69, 9.17) is 4.74 Å². The number of aromatic nitrogens is 1. The second-order valence-corrected chi connectivity index (χ2v) is 8.85. The number of benzene rings is 1. The monoisotopic (exact) mass is 520 g/mol. The van der Waals surface area contributed by atoms with Crippen LogP contribution in [0, 0.1) is 17.5 Å². The Hall–Kier alpha value is -1.87. The molecule has 31 heavy (non-hydrogen) atoms.